The Morgan fingerprint density at radius 2 is 2.05 bits per heavy atom. The van der Waals surface area contributed by atoms with Gasteiger partial charge in [0.25, 0.3) is 0 Å². The van der Waals surface area contributed by atoms with Crippen LogP contribution in [0, 0.1) is 5.82 Å². The summed E-state index contributed by atoms with van der Waals surface area (Å²) in [5, 5.41) is 0.633. The molecule has 0 aromatic heterocycles. The SMILES string of the molecule is Nc1cc(Cl)ccc1CN1CCc2ccc(F)cc21. The van der Waals surface area contributed by atoms with E-state index in [1.165, 1.54) is 11.6 Å². The third kappa shape index (κ3) is 2.38. The second-order valence-electron chi connectivity index (χ2n) is 4.79. The lowest BCUT2D eigenvalue weighted by atomic mass is 10.1. The van der Waals surface area contributed by atoms with Gasteiger partial charge in [0.15, 0.2) is 0 Å². The molecule has 3 rings (SSSR count). The highest BCUT2D eigenvalue weighted by Gasteiger charge is 2.20. The van der Waals surface area contributed by atoms with E-state index >= 15 is 0 Å². The van der Waals surface area contributed by atoms with E-state index in [1.54, 1.807) is 12.1 Å². The van der Waals surface area contributed by atoms with Crippen LogP contribution >= 0.6 is 11.6 Å². The molecule has 0 amide bonds. The van der Waals surface area contributed by atoms with Gasteiger partial charge in [-0.15, -0.1) is 0 Å². The average Bonchev–Trinajstić information content (AvgIpc) is 2.75. The van der Waals surface area contributed by atoms with Crippen LogP contribution in [0.15, 0.2) is 36.4 Å². The van der Waals surface area contributed by atoms with Gasteiger partial charge >= 0.3 is 0 Å². The van der Waals surface area contributed by atoms with E-state index in [2.05, 4.69) is 4.90 Å². The third-order valence-corrected chi connectivity index (χ3v) is 3.74. The van der Waals surface area contributed by atoms with Crippen LogP contribution in [-0.2, 0) is 13.0 Å². The van der Waals surface area contributed by atoms with E-state index in [1.807, 2.05) is 18.2 Å². The lowest BCUT2D eigenvalue weighted by Crippen LogP contribution is -2.20. The number of fused-ring (bicyclic) bond motifs is 1. The van der Waals surface area contributed by atoms with Crippen molar-refractivity contribution in [1.82, 2.24) is 0 Å². The number of nitrogen functional groups attached to an aromatic ring is 1. The number of halogens is 2. The van der Waals surface area contributed by atoms with Crippen LogP contribution in [0.3, 0.4) is 0 Å². The van der Waals surface area contributed by atoms with Crippen LogP contribution in [0.2, 0.25) is 5.02 Å². The summed E-state index contributed by atoms with van der Waals surface area (Å²) >= 11 is 5.89. The zero-order valence-corrected chi connectivity index (χ0v) is 11.1. The number of rotatable bonds is 2. The molecule has 0 radical (unpaired) electrons. The molecule has 4 heteroatoms. The second-order valence-corrected chi connectivity index (χ2v) is 5.22. The fourth-order valence-corrected chi connectivity index (χ4v) is 2.68. The van der Waals surface area contributed by atoms with E-state index in [-0.39, 0.29) is 5.82 Å². The summed E-state index contributed by atoms with van der Waals surface area (Å²) < 4.78 is 13.3. The monoisotopic (exact) mass is 276 g/mol. The summed E-state index contributed by atoms with van der Waals surface area (Å²) in [7, 11) is 0. The van der Waals surface area contributed by atoms with Gasteiger partial charge in [-0.3, -0.25) is 0 Å². The molecular weight excluding hydrogens is 263 g/mol. The van der Waals surface area contributed by atoms with Gasteiger partial charge in [-0.05, 0) is 41.8 Å². The van der Waals surface area contributed by atoms with Gasteiger partial charge in [0, 0.05) is 29.5 Å². The van der Waals surface area contributed by atoms with Crippen LogP contribution in [-0.4, -0.2) is 6.54 Å². The molecule has 0 spiro atoms. The minimum Gasteiger partial charge on any atom is -0.398 e. The zero-order chi connectivity index (χ0) is 13.4. The fourth-order valence-electron chi connectivity index (χ4n) is 2.50. The van der Waals surface area contributed by atoms with Crippen molar-refractivity contribution in [2.75, 3.05) is 17.2 Å². The maximum absolute atomic E-state index is 13.3. The highest BCUT2D eigenvalue weighted by atomic mass is 35.5. The normalized spacial score (nSPS) is 13.7. The molecule has 2 aromatic carbocycles. The van der Waals surface area contributed by atoms with E-state index in [0.717, 1.165) is 24.2 Å². The highest BCUT2D eigenvalue weighted by molar-refractivity contribution is 6.30. The maximum atomic E-state index is 13.3. The van der Waals surface area contributed by atoms with Crippen LogP contribution in [0.1, 0.15) is 11.1 Å². The first-order valence-corrected chi connectivity index (χ1v) is 6.58. The van der Waals surface area contributed by atoms with Crippen molar-refractivity contribution in [1.29, 1.82) is 0 Å². The minimum absolute atomic E-state index is 0.199. The summed E-state index contributed by atoms with van der Waals surface area (Å²) in [5.41, 5.74) is 9.81. The van der Waals surface area contributed by atoms with E-state index in [0.29, 0.717) is 17.3 Å². The number of benzene rings is 2. The first-order valence-electron chi connectivity index (χ1n) is 6.21. The number of hydrogen-bond donors (Lipinski definition) is 1. The van der Waals surface area contributed by atoms with Gasteiger partial charge in [-0.25, -0.2) is 4.39 Å². The summed E-state index contributed by atoms with van der Waals surface area (Å²) in [6, 6.07) is 10.5. The van der Waals surface area contributed by atoms with Gasteiger partial charge in [0.2, 0.25) is 0 Å². The molecule has 19 heavy (non-hydrogen) atoms. The first kappa shape index (κ1) is 12.3. The zero-order valence-electron chi connectivity index (χ0n) is 10.4. The van der Waals surface area contributed by atoms with Crippen molar-refractivity contribution in [3.63, 3.8) is 0 Å². The van der Waals surface area contributed by atoms with Crippen LogP contribution < -0.4 is 10.6 Å². The molecule has 0 unspecified atom stereocenters. The minimum atomic E-state index is -0.199. The quantitative estimate of drug-likeness (QED) is 0.849. The van der Waals surface area contributed by atoms with Crippen LogP contribution in [0.5, 0.6) is 0 Å². The Hall–Kier alpha value is -1.74. The Bertz CT molecular complexity index is 628. The van der Waals surface area contributed by atoms with E-state index in [9.17, 15) is 4.39 Å². The molecule has 2 N–H and O–H groups in total. The Morgan fingerprint density at radius 3 is 2.84 bits per heavy atom. The van der Waals surface area contributed by atoms with Gasteiger partial charge in [-0.2, -0.15) is 0 Å². The molecule has 1 aliphatic rings. The molecule has 2 nitrogen and oxygen atoms in total. The number of nitrogens with two attached hydrogens (primary N) is 1. The maximum Gasteiger partial charge on any atom is 0.125 e. The molecule has 2 aromatic rings. The predicted octanol–water partition coefficient (Wildman–Crippen LogP) is 3.62. The number of nitrogens with zero attached hydrogens (tertiary/aromatic N) is 1. The Morgan fingerprint density at radius 1 is 1.21 bits per heavy atom. The molecule has 98 valence electrons. The molecule has 0 saturated heterocycles. The largest absolute Gasteiger partial charge is 0.398 e. The van der Waals surface area contributed by atoms with Crippen LogP contribution in [0.4, 0.5) is 15.8 Å². The van der Waals surface area contributed by atoms with Gasteiger partial charge in [0.1, 0.15) is 5.82 Å². The summed E-state index contributed by atoms with van der Waals surface area (Å²) in [6.07, 6.45) is 0.948. The summed E-state index contributed by atoms with van der Waals surface area (Å²) in [6.45, 7) is 1.57. The average molecular weight is 277 g/mol. The van der Waals surface area contributed by atoms with Crippen molar-refractivity contribution in [3.8, 4) is 0 Å². The molecule has 1 heterocycles. The summed E-state index contributed by atoms with van der Waals surface area (Å²) in [4.78, 5) is 2.15. The smallest absolute Gasteiger partial charge is 0.125 e. The molecule has 1 aliphatic heterocycles. The topological polar surface area (TPSA) is 29.3 Å². The Kier molecular flexibility index (Phi) is 3.07. The summed E-state index contributed by atoms with van der Waals surface area (Å²) in [5.74, 6) is -0.199. The van der Waals surface area contributed by atoms with Crippen molar-refractivity contribution in [3.05, 3.63) is 58.4 Å². The van der Waals surface area contributed by atoms with Crippen LogP contribution in [0.25, 0.3) is 0 Å². The molecular formula is C15H14ClFN2. The fraction of sp³-hybridized carbons (Fsp3) is 0.200. The number of hydrogen-bond acceptors (Lipinski definition) is 2. The molecule has 0 fully saturated rings. The molecule has 0 saturated carbocycles. The predicted molar refractivity (Wildman–Crippen MR) is 77.0 cm³/mol. The Labute approximate surface area is 116 Å². The Balaban J connectivity index is 1.88. The van der Waals surface area contributed by atoms with E-state index in [4.69, 9.17) is 17.3 Å². The second kappa shape index (κ2) is 4.74. The molecule has 0 bridgehead atoms. The van der Waals surface area contributed by atoms with Gasteiger partial charge in [-0.1, -0.05) is 23.7 Å². The van der Waals surface area contributed by atoms with Crippen molar-refractivity contribution in [2.45, 2.75) is 13.0 Å². The van der Waals surface area contributed by atoms with Crippen molar-refractivity contribution >= 4 is 23.0 Å². The third-order valence-electron chi connectivity index (χ3n) is 3.51. The molecule has 0 atom stereocenters. The van der Waals surface area contributed by atoms with Gasteiger partial charge < -0.3 is 10.6 Å². The molecule has 0 aliphatic carbocycles. The van der Waals surface area contributed by atoms with Crippen molar-refractivity contribution < 1.29 is 4.39 Å². The standard InChI is InChI=1S/C15H14ClFN2/c16-12-3-1-11(14(18)7-12)9-19-6-5-10-2-4-13(17)8-15(10)19/h1-4,7-8H,5-6,9,18H2. The van der Waals surface area contributed by atoms with Gasteiger partial charge in [0.05, 0.1) is 0 Å². The van der Waals surface area contributed by atoms with E-state index < -0.39 is 0 Å². The highest BCUT2D eigenvalue weighted by Crippen LogP contribution is 2.31. The first-order chi connectivity index (χ1) is 9.13. The lowest BCUT2D eigenvalue weighted by Gasteiger charge is -2.20. The van der Waals surface area contributed by atoms with Crippen molar-refractivity contribution in [2.24, 2.45) is 0 Å². The number of anilines is 2. The lowest BCUT2D eigenvalue weighted by molar-refractivity contribution is 0.627.